The number of carbonyl (C=O) groups excluding carboxylic acids is 2. The van der Waals surface area contributed by atoms with E-state index in [1.54, 1.807) is 23.1 Å². The zero-order valence-electron chi connectivity index (χ0n) is 16.8. The van der Waals surface area contributed by atoms with Gasteiger partial charge >= 0.3 is 0 Å². The molecule has 29 heavy (non-hydrogen) atoms. The number of rotatable bonds is 6. The fourth-order valence-corrected chi connectivity index (χ4v) is 4.41. The Labute approximate surface area is 170 Å². The second-order valence-electron chi connectivity index (χ2n) is 8.14. The van der Waals surface area contributed by atoms with Gasteiger partial charge in [-0.1, -0.05) is 6.07 Å². The molecular weight excluding hydrogens is 371 g/mol. The lowest BCUT2D eigenvalue weighted by atomic mass is 9.95. The lowest BCUT2D eigenvalue weighted by molar-refractivity contribution is -0.126. The van der Waals surface area contributed by atoms with Crippen LogP contribution in [0.3, 0.4) is 0 Å². The predicted molar refractivity (Wildman–Crippen MR) is 110 cm³/mol. The number of hydrogen-bond donors (Lipinski definition) is 2. The van der Waals surface area contributed by atoms with E-state index in [1.807, 2.05) is 0 Å². The number of aromatic nitrogens is 1. The second kappa shape index (κ2) is 8.95. The molecule has 1 aromatic carbocycles. The lowest BCUT2D eigenvalue weighted by Crippen LogP contribution is -2.43. The van der Waals surface area contributed by atoms with Crippen molar-refractivity contribution in [1.82, 2.24) is 20.1 Å². The molecule has 0 unspecified atom stereocenters. The van der Waals surface area contributed by atoms with E-state index in [0.29, 0.717) is 42.5 Å². The average molecular weight is 400 g/mol. The third kappa shape index (κ3) is 4.61. The minimum absolute atomic E-state index is 0.0361. The van der Waals surface area contributed by atoms with E-state index < -0.39 is 0 Å². The topological polar surface area (TPSA) is 68.4 Å². The third-order valence-corrected chi connectivity index (χ3v) is 6.14. The molecule has 156 valence electrons. The highest BCUT2D eigenvalue weighted by Crippen LogP contribution is 2.22. The molecule has 0 bridgehead atoms. The summed E-state index contributed by atoms with van der Waals surface area (Å²) in [6.45, 7) is 5.23. The molecule has 2 aromatic rings. The summed E-state index contributed by atoms with van der Waals surface area (Å²) >= 11 is 0. The number of nitrogens with one attached hydrogen (secondary N) is 2. The summed E-state index contributed by atoms with van der Waals surface area (Å²) in [5.74, 6) is -0.403. The maximum absolute atomic E-state index is 13.9. The summed E-state index contributed by atoms with van der Waals surface area (Å²) in [7, 11) is 0. The van der Waals surface area contributed by atoms with Crippen molar-refractivity contribution in [3.8, 4) is 0 Å². The van der Waals surface area contributed by atoms with Gasteiger partial charge in [0.25, 0.3) is 5.91 Å². The summed E-state index contributed by atoms with van der Waals surface area (Å²) in [4.78, 5) is 32.4. The van der Waals surface area contributed by atoms with Gasteiger partial charge in [-0.2, -0.15) is 0 Å². The fourth-order valence-electron chi connectivity index (χ4n) is 4.41. The minimum atomic E-state index is -0.335. The largest absolute Gasteiger partial charge is 0.356 e. The molecular formula is C22H29FN4O2. The molecule has 2 fully saturated rings. The first kappa shape index (κ1) is 19.9. The van der Waals surface area contributed by atoms with Gasteiger partial charge in [-0.15, -0.1) is 0 Å². The number of nitrogens with zero attached hydrogens (tertiary/aromatic N) is 2. The molecule has 2 N–H and O–H groups in total. The molecule has 0 aliphatic carbocycles. The Morgan fingerprint density at radius 3 is 2.62 bits per heavy atom. The summed E-state index contributed by atoms with van der Waals surface area (Å²) < 4.78 is 13.9. The first-order valence-corrected chi connectivity index (χ1v) is 10.7. The van der Waals surface area contributed by atoms with Gasteiger partial charge in [-0.05, 0) is 69.9 Å². The van der Waals surface area contributed by atoms with Crippen molar-refractivity contribution in [2.24, 2.45) is 5.92 Å². The molecule has 6 nitrogen and oxygen atoms in total. The van der Waals surface area contributed by atoms with E-state index in [2.05, 4.69) is 15.2 Å². The van der Waals surface area contributed by atoms with Crippen LogP contribution in [0.1, 0.15) is 42.6 Å². The lowest BCUT2D eigenvalue weighted by Gasteiger charge is -2.31. The normalized spacial score (nSPS) is 18.4. The number of fused-ring (bicyclic) bond motifs is 1. The van der Waals surface area contributed by atoms with Gasteiger partial charge < -0.3 is 20.1 Å². The number of amides is 2. The van der Waals surface area contributed by atoms with Crippen molar-refractivity contribution in [2.45, 2.75) is 32.1 Å². The summed E-state index contributed by atoms with van der Waals surface area (Å²) in [6, 6.07) is 6.35. The third-order valence-electron chi connectivity index (χ3n) is 6.14. The van der Waals surface area contributed by atoms with Gasteiger partial charge in [0.1, 0.15) is 11.5 Å². The van der Waals surface area contributed by atoms with Gasteiger partial charge in [-0.3, -0.25) is 9.59 Å². The SMILES string of the molecule is O=C(NCCCN1CCCC1)C1CCN(C(=O)c2cc3c(F)cccc3[nH]2)CC1. The smallest absolute Gasteiger partial charge is 0.270 e. The van der Waals surface area contributed by atoms with Crippen LogP contribution in [0.4, 0.5) is 4.39 Å². The number of H-pyrrole nitrogens is 1. The number of halogens is 1. The van der Waals surface area contributed by atoms with Crippen LogP contribution in [0.25, 0.3) is 10.9 Å². The van der Waals surface area contributed by atoms with Crippen LogP contribution in [-0.2, 0) is 4.79 Å². The Hall–Kier alpha value is -2.41. The Bertz CT molecular complexity index is 867. The van der Waals surface area contributed by atoms with Crippen molar-refractivity contribution in [1.29, 1.82) is 0 Å². The van der Waals surface area contributed by atoms with Crippen LogP contribution < -0.4 is 5.32 Å². The van der Waals surface area contributed by atoms with E-state index in [0.717, 1.165) is 19.5 Å². The highest BCUT2D eigenvalue weighted by atomic mass is 19.1. The number of piperidine rings is 1. The maximum Gasteiger partial charge on any atom is 0.270 e. The molecule has 3 heterocycles. The summed E-state index contributed by atoms with van der Waals surface area (Å²) in [5, 5.41) is 3.49. The Morgan fingerprint density at radius 1 is 1.14 bits per heavy atom. The summed E-state index contributed by atoms with van der Waals surface area (Å²) in [5.41, 5.74) is 1.02. The number of carbonyl (C=O) groups is 2. The molecule has 0 spiro atoms. The van der Waals surface area contributed by atoms with E-state index in [4.69, 9.17) is 0 Å². The van der Waals surface area contributed by atoms with Crippen LogP contribution in [0.5, 0.6) is 0 Å². The Kier molecular flexibility index (Phi) is 6.13. The van der Waals surface area contributed by atoms with Crippen molar-refractivity contribution >= 4 is 22.7 Å². The van der Waals surface area contributed by atoms with Gasteiger partial charge in [0.2, 0.25) is 5.91 Å². The van der Waals surface area contributed by atoms with Crippen LogP contribution >= 0.6 is 0 Å². The average Bonchev–Trinajstić information content (AvgIpc) is 3.41. The molecule has 0 radical (unpaired) electrons. The summed E-state index contributed by atoms with van der Waals surface area (Å²) in [6.07, 6.45) is 4.89. The minimum Gasteiger partial charge on any atom is -0.356 e. The van der Waals surface area contributed by atoms with Crippen molar-refractivity contribution in [3.63, 3.8) is 0 Å². The van der Waals surface area contributed by atoms with Gasteiger partial charge in [0.05, 0.1) is 0 Å². The quantitative estimate of drug-likeness (QED) is 0.733. The van der Waals surface area contributed by atoms with Crippen LogP contribution in [0.2, 0.25) is 0 Å². The monoisotopic (exact) mass is 400 g/mol. The van der Waals surface area contributed by atoms with Gasteiger partial charge in [-0.25, -0.2) is 4.39 Å². The molecule has 2 aliphatic rings. The Morgan fingerprint density at radius 2 is 1.90 bits per heavy atom. The first-order valence-electron chi connectivity index (χ1n) is 10.7. The molecule has 2 amide bonds. The predicted octanol–water partition coefficient (Wildman–Crippen LogP) is 2.76. The molecule has 0 atom stereocenters. The molecule has 7 heteroatoms. The number of hydrogen-bond acceptors (Lipinski definition) is 3. The highest BCUT2D eigenvalue weighted by Gasteiger charge is 2.28. The van der Waals surface area contributed by atoms with E-state index in [-0.39, 0.29) is 23.5 Å². The number of benzene rings is 1. The van der Waals surface area contributed by atoms with E-state index in [9.17, 15) is 14.0 Å². The highest BCUT2D eigenvalue weighted by molar-refractivity contribution is 5.98. The fraction of sp³-hybridized carbons (Fsp3) is 0.545. The van der Waals surface area contributed by atoms with E-state index in [1.165, 1.54) is 32.0 Å². The second-order valence-corrected chi connectivity index (χ2v) is 8.14. The molecule has 1 aromatic heterocycles. The molecule has 4 rings (SSSR count). The van der Waals surface area contributed by atoms with Crippen molar-refractivity contribution in [2.75, 3.05) is 39.3 Å². The molecule has 0 saturated carbocycles. The van der Waals surface area contributed by atoms with Crippen LogP contribution in [0, 0.1) is 11.7 Å². The maximum atomic E-state index is 13.9. The van der Waals surface area contributed by atoms with Crippen LogP contribution in [-0.4, -0.2) is 65.9 Å². The van der Waals surface area contributed by atoms with Gasteiger partial charge in [0, 0.05) is 36.5 Å². The van der Waals surface area contributed by atoms with Crippen molar-refractivity contribution in [3.05, 3.63) is 35.8 Å². The number of likely N-dealkylation sites (tertiary alicyclic amines) is 2. The molecule has 2 aliphatic heterocycles. The van der Waals surface area contributed by atoms with E-state index >= 15 is 0 Å². The van der Waals surface area contributed by atoms with Crippen LogP contribution in [0.15, 0.2) is 24.3 Å². The first-order chi connectivity index (χ1) is 14.1. The standard InChI is InChI=1S/C22H29FN4O2/c23-18-5-3-6-19-17(18)15-20(25-19)22(29)27-13-7-16(8-14-27)21(28)24-9-4-12-26-10-1-2-11-26/h3,5-6,15-16,25H,1-2,4,7-14H2,(H,24,28). The Balaban J connectivity index is 1.23. The van der Waals surface area contributed by atoms with Gasteiger partial charge in [0.15, 0.2) is 0 Å². The van der Waals surface area contributed by atoms with Crippen molar-refractivity contribution < 1.29 is 14.0 Å². The molecule has 2 saturated heterocycles. The zero-order chi connectivity index (χ0) is 20.2. The number of aromatic amines is 1. The zero-order valence-corrected chi connectivity index (χ0v) is 16.8.